The first-order valence-corrected chi connectivity index (χ1v) is 11.7. The summed E-state index contributed by atoms with van der Waals surface area (Å²) in [5.74, 6) is 1.90. The molecule has 170 valence electrons. The zero-order valence-electron chi connectivity index (χ0n) is 19.1. The third-order valence-electron chi connectivity index (χ3n) is 6.43. The maximum Gasteiger partial charge on any atom is 0.253 e. The summed E-state index contributed by atoms with van der Waals surface area (Å²) in [7, 11) is 0. The smallest absolute Gasteiger partial charge is 0.253 e. The number of rotatable bonds is 5. The van der Waals surface area contributed by atoms with Crippen molar-refractivity contribution in [2.45, 2.75) is 45.4 Å². The largest absolute Gasteiger partial charge is 0.338 e. The third-order valence-corrected chi connectivity index (χ3v) is 6.43. The van der Waals surface area contributed by atoms with Crippen LogP contribution in [0.2, 0.25) is 0 Å². The van der Waals surface area contributed by atoms with Crippen LogP contribution in [-0.4, -0.2) is 45.0 Å². The predicted octanol–water partition coefficient (Wildman–Crippen LogP) is 4.46. The second-order valence-corrected chi connectivity index (χ2v) is 9.35. The topological polar surface area (TPSA) is 91.0 Å². The minimum Gasteiger partial charge on any atom is -0.338 e. The van der Waals surface area contributed by atoms with Crippen molar-refractivity contribution in [3.8, 4) is 11.4 Å². The van der Waals surface area contributed by atoms with Crippen LogP contribution in [0, 0.1) is 19.8 Å². The van der Waals surface area contributed by atoms with Gasteiger partial charge in [0.25, 0.3) is 5.91 Å². The monoisotopic (exact) mass is 443 g/mol. The molecule has 7 heteroatoms. The molecule has 1 aliphatic carbocycles. The van der Waals surface area contributed by atoms with Crippen LogP contribution in [0.1, 0.15) is 58.9 Å². The summed E-state index contributed by atoms with van der Waals surface area (Å²) in [6, 6.07) is 13.5. The highest BCUT2D eigenvalue weighted by Crippen LogP contribution is 2.38. The Morgan fingerprint density at radius 3 is 2.45 bits per heavy atom. The van der Waals surface area contributed by atoms with Gasteiger partial charge in [-0.2, -0.15) is 5.10 Å². The van der Waals surface area contributed by atoms with Gasteiger partial charge in [-0.05, 0) is 75.9 Å². The molecule has 2 amide bonds. The zero-order valence-corrected chi connectivity index (χ0v) is 19.1. The molecule has 1 aromatic heterocycles. The van der Waals surface area contributed by atoms with E-state index in [1.165, 1.54) is 12.8 Å². The van der Waals surface area contributed by atoms with Gasteiger partial charge in [0.1, 0.15) is 5.82 Å². The number of hydrogen-bond acceptors (Lipinski definition) is 4. The van der Waals surface area contributed by atoms with Gasteiger partial charge in [-0.25, -0.2) is 4.98 Å². The molecular formula is C26H29N5O2. The number of aromatic nitrogens is 3. The summed E-state index contributed by atoms with van der Waals surface area (Å²) in [5, 5.41) is 10.4. The second kappa shape index (κ2) is 8.81. The van der Waals surface area contributed by atoms with E-state index in [0.29, 0.717) is 30.4 Å². The summed E-state index contributed by atoms with van der Waals surface area (Å²) in [4.78, 5) is 32.4. The van der Waals surface area contributed by atoms with Crippen molar-refractivity contribution in [2.24, 2.45) is 5.92 Å². The molecule has 7 nitrogen and oxygen atoms in total. The average Bonchev–Trinajstić information content (AvgIpc) is 3.55. The van der Waals surface area contributed by atoms with E-state index in [0.717, 1.165) is 41.0 Å². The van der Waals surface area contributed by atoms with Crippen molar-refractivity contribution in [3.63, 3.8) is 0 Å². The van der Waals surface area contributed by atoms with Crippen molar-refractivity contribution in [1.29, 1.82) is 0 Å². The molecule has 2 N–H and O–H groups in total. The fourth-order valence-electron chi connectivity index (χ4n) is 4.55. The van der Waals surface area contributed by atoms with Crippen molar-refractivity contribution < 1.29 is 9.59 Å². The Morgan fingerprint density at radius 2 is 1.76 bits per heavy atom. The maximum atomic E-state index is 13.0. The molecule has 3 aromatic rings. The average molecular weight is 444 g/mol. The van der Waals surface area contributed by atoms with Crippen LogP contribution in [0.15, 0.2) is 42.5 Å². The highest BCUT2D eigenvalue weighted by Gasteiger charge is 2.29. The number of amides is 2. The van der Waals surface area contributed by atoms with Crippen molar-refractivity contribution in [3.05, 3.63) is 65.0 Å². The van der Waals surface area contributed by atoms with E-state index in [-0.39, 0.29) is 17.7 Å². The van der Waals surface area contributed by atoms with Gasteiger partial charge in [0.05, 0.1) is 5.92 Å². The first-order chi connectivity index (χ1) is 16.0. The summed E-state index contributed by atoms with van der Waals surface area (Å²) in [6.07, 6.45) is 3.95. The number of aromatic amines is 1. The van der Waals surface area contributed by atoms with E-state index in [9.17, 15) is 9.59 Å². The van der Waals surface area contributed by atoms with Crippen LogP contribution < -0.4 is 5.32 Å². The van der Waals surface area contributed by atoms with Gasteiger partial charge in [0.2, 0.25) is 5.91 Å². The maximum absolute atomic E-state index is 13.0. The van der Waals surface area contributed by atoms with Gasteiger partial charge >= 0.3 is 0 Å². The third kappa shape index (κ3) is 4.82. The number of nitrogens with one attached hydrogen (secondary N) is 2. The van der Waals surface area contributed by atoms with Crippen LogP contribution in [0.3, 0.4) is 0 Å². The number of nitrogens with zero attached hydrogens (tertiary/aromatic N) is 3. The molecule has 0 bridgehead atoms. The lowest BCUT2D eigenvalue weighted by molar-refractivity contribution is -0.121. The van der Waals surface area contributed by atoms with E-state index in [4.69, 9.17) is 0 Å². The van der Waals surface area contributed by atoms with Crippen LogP contribution in [0.25, 0.3) is 11.4 Å². The quantitative estimate of drug-likeness (QED) is 0.609. The summed E-state index contributed by atoms with van der Waals surface area (Å²) in [5.41, 5.74) is 4.49. The molecular weight excluding hydrogens is 414 g/mol. The normalized spacial score (nSPS) is 18.2. The minimum atomic E-state index is -0.220. The number of benzene rings is 2. The lowest BCUT2D eigenvalue weighted by Gasteiger charge is -2.32. The SMILES string of the molecule is Cc1cc(C)cc(C(=O)N2CCCC(C(=O)Nc3ccc(-c4n[nH]c(C5CC5)n4)cc3)C2)c1. The number of H-pyrrole nitrogens is 1. The number of carbonyl (C=O) groups excluding carboxylic acids is 2. The number of hydrogen-bond donors (Lipinski definition) is 2. The fourth-order valence-corrected chi connectivity index (χ4v) is 4.55. The number of likely N-dealkylation sites (tertiary alicyclic amines) is 1. The molecule has 2 fully saturated rings. The molecule has 1 saturated carbocycles. The molecule has 2 heterocycles. The highest BCUT2D eigenvalue weighted by molar-refractivity contribution is 5.96. The lowest BCUT2D eigenvalue weighted by Crippen LogP contribution is -2.43. The molecule has 2 aromatic carbocycles. The minimum absolute atomic E-state index is 0.000669. The van der Waals surface area contributed by atoms with Gasteiger partial charge in [-0.15, -0.1) is 0 Å². The van der Waals surface area contributed by atoms with Crippen LogP contribution in [0.5, 0.6) is 0 Å². The first-order valence-electron chi connectivity index (χ1n) is 11.7. The Bertz CT molecular complexity index is 1160. The Hall–Kier alpha value is -3.48. The summed E-state index contributed by atoms with van der Waals surface area (Å²) in [6.45, 7) is 5.12. The number of piperidine rings is 1. The lowest BCUT2D eigenvalue weighted by atomic mass is 9.96. The Balaban J connectivity index is 1.21. The standard InChI is InChI=1S/C26H29N5O2/c1-16-12-17(2)14-21(13-16)26(33)31-11-3-4-20(15-31)25(32)27-22-9-7-19(8-10-22)24-28-23(29-30-24)18-5-6-18/h7-10,12-14,18,20H,3-6,11,15H2,1-2H3,(H,27,32)(H,28,29,30). The van der Waals surface area contributed by atoms with E-state index in [1.807, 2.05) is 55.1 Å². The van der Waals surface area contributed by atoms with Gasteiger partial charge in [0.15, 0.2) is 5.82 Å². The molecule has 1 saturated heterocycles. The van der Waals surface area contributed by atoms with Gasteiger partial charge in [-0.3, -0.25) is 14.7 Å². The van der Waals surface area contributed by atoms with Gasteiger partial charge < -0.3 is 10.2 Å². The second-order valence-electron chi connectivity index (χ2n) is 9.35. The van der Waals surface area contributed by atoms with E-state index >= 15 is 0 Å². The van der Waals surface area contributed by atoms with Gasteiger partial charge in [-0.1, -0.05) is 17.2 Å². The van der Waals surface area contributed by atoms with E-state index < -0.39 is 0 Å². The zero-order chi connectivity index (χ0) is 22.9. The predicted molar refractivity (Wildman–Crippen MR) is 127 cm³/mol. The van der Waals surface area contributed by atoms with Crippen molar-refractivity contribution in [1.82, 2.24) is 20.1 Å². The Morgan fingerprint density at radius 1 is 1.03 bits per heavy atom. The number of aryl methyl sites for hydroxylation is 2. The Labute approximate surface area is 193 Å². The molecule has 0 radical (unpaired) electrons. The molecule has 1 atom stereocenters. The molecule has 1 aliphatic heterocycles. The van der Waals surface area contributed by atoms with Crippen LogP contribution in [-0.2, 0) is 4.79 Å². The summed E-state index contributed by atoms with van der Waals surface area (Å²) < 4.78 is 0. The highest BCUT2D eigenvalue weighted by atomic mass is 16.2. The van der Waals surface area contributed by atoms with E-state index in [2.05, 4.69) is 26.6 Å². The van der Waals surface area contributed by atoms with Gasteiger partial charge in [0, 0.05) is 35.8 Å². The van der Waals surface area contributed by atoms with E-state index in [1.54, 1.807) is 0 Å². The van der Waals surface area contributed by atoms with Crippen molar-refractivity contribution >= 4 is 17.5 Å². The molecule has 1 unspecified atom stereocenters. The molecule has 5 rings (SSSR count). The molecule has 33 heavy (non-hydrogen) atoms. The van der Waals surface area contributed by atoms with Crippen LogP contribution in [0.4, 0.5) is 5.69 Å². The summed E-state index contributed by atoms with van der Waals surface area (Å²) >= 11 is 0. The van der Waals surface area contributed by atoms with Crippen molar-refractivity contribution in [2.75, 3.05) is 18.4 Å². The molecule has 0 spiro atoms. The Kier molecular flexibility index (Phi) is 5.70. The molecule has 2 aliphatic rings. The number of anilines is 1. The van der Waals surface area contributed by atoms with Crippen LogP contribution >= 0.6 is 0 Å². The first kappa shape index (κ1) is 21.4. The fraction of sp³-hybridized carbons (Fsp3) is 0.385. The number of carbonyl (C=O) groups is 2.